The van der Waals surface area contributed by atoms with Crippen molar-refractivity contribution in [1.82, 2.24) is 10.3 Å². The minimum absolute atomic E-state index is 0.473. The Kier molecular flexibility index (Phi) is 6.05. The number of benzene rings is 1. The lowest BCUT2D eigenvalue weighted by molar-refractivity contribution is 0.484. The van der Waals surface area contributed by atoms with Crippen molar-refractivity contribution in [3.05, 3.63) is 52.5 Å². The Bertz CT molecular complexity index is 439. The Morgan fingerprint density at radius 3 is 2.79 bits per heavy atom. The molecule has 0 bridgehead atoms. The summed E-state index contributed by atoms with van der Waals surface area (Å²) in [4.78, 5) is 4.35. The first kappa shape index (κ1) is 14.2. The standard InChI is InChI=1S/C16H22N2S/c1-2-11-17-15(14-7-4-3-5-8-14)9-6-10-16-18-12-13-19-16/h3-5,7-8,12-13,15,17H,2,6,9-11H2,1H3. The molecule has 0 saturated carbocycles. The molecule has 1 unspecified atom stereocenters. The van der Waals surface area contributed by atoms with E-state index in [1.54, 1.807) is 11.3 Å². The fraction of sp³-hybridized carbons (Fsp3) is 0.438. The molecule has 2 rings (SSSR count). The molecule has 1 atom stereocenters. The lowest BCUT2D eigenvalue weighted by Gasteiger charge is -2.18. The van der Waals surface area contributed by atoms with Crippen LogP contribution < -0.4 is 5.32 Å². The van der Waals surface area contributed by atoms with E-state index in [1.807, 2.05) is 6.20 Å². The van der Waals surface area contributed by atoms with E-state index in [4.69, 9.17) is 0 Å². The van der Waals surface area contributed by atoms with Crippen LogP contribution in [0.2, 0.25) is 0 Å². The molecule has 102 valence electrons. The summed E-state index contributed by atoms with van der Waals surface area (Å²) in [5.74, 6) is 0. The molecule has 0 fully saturated rings. The third-order valence-electron chi connectivity index (χ3n) is 3.21. The van der Waals surface area contributed by atoms with Gasteiger partial charge in [-0.3, -0.25) is 0 Å². The SMILES string of the molecule is CCCNC(CCCc1nccs1)c1ccccc1. The lowest BCUT2D eigenvalue weighted by atomic mass is 10.0. The Labute approximate surface area is 119 Å². The normalized spacial score (nSPS) is 12.5. The van der Waals surface area contributed by atoms with Crippen LogP contribution in [0.15, 0.2) is 41.9 Å². The first-order chi connectivity index (χ1) is 9.40. The van der Waals surface area contributed by atoms with Crippen LogP contribution in [0.3, 0.4) is 0 Å². The summed E-state index contributed by atoms with van der Waals surface area (Å²) in [5, 5.41) is 6.96. The van der Waals surface area contributed by atoms with Gasteiger partial charge in [0.05, 0.1) is 5.01 Å². The average molecular weight is 274 g/mol. The molecule has 1 N–H and O–H groups in total. The quantitative estimate of drug-likeness (QED) is 0.780. The highest BCUT2D eigenvalue weighted by Gasteiger charge is 2.10. The van der Waals surface area contributed by atoms with Crippen molar-refractivity contribution < 1.29 is 0 Å². The maximum Gasteiger partial charge on any atom is 0.0924 e. The fourth-order valence-electron chi connectivity index (χ4n) is 2.22. The van der Waals surface area contributed by atoms with E-state index >= 15 is 0 Å². The smallest absolute Gasteiger partial charge is 0.0924 e. The third-order valence-corrected chi connectivity index (χ3v) is 4.05. The van der Waals surface area contributed by atoms with Crippen molar-refractivity contribution in [3.8, 4) is 0 Å². The number of nitrogens with one attached hydrogen (secondary N) is 1. The Balaban J connectivity index is 1.87. The van der Waals surface area contributed by atoms with Crippen LogP contribution in [0.25, 0.3) is 0 Å². The second kappa shape index (κ2) is 8.08. The van der Waals surface area contributed by atoms with Crippen molar-refractivity contribution in [2.75, 3.05) is 6.54 Å². The molecule has 2 aromatic rings. The summed E-state index contributed by atoms with van der Waals surface area (Å²) >= 11 is 1.76. The van der Waals surface area contributed by atoms with Gasteiger partial charge in [0.15, 0.2) is 0 Å². The molecule has 0 radical (unpaired) electrons. The highest BCUT2D eigenvalue weighted by molar-refractivity contribution is 7.09. The Morgan fingerprint density at radius 1 is 1.26 bits per heavy atom. The van der Waals surface area contributed by atoms with Gasteiger partial charge in [0.25, 0.3) is 0 Å². The van der Waals surface area contributed by atoms with Crippen LogP contribution >= 0.6 is 11.3 Å². The van der Waals surface area contributed by atoms with E-state index in [-0.39, 0.29) is 0 Å². The zero-order valence-electron chi connectivity index (χ0n) is 11.5. The van der Waals surface area contributed by atoms with Crippen LogP contribution in [0.4, 0.5) is 0 Å². The van der Waals surface area contributed by atoms with E-state index in [1.165, 1.54) is 29.8 Å². The maximum absolute atomic E-state index is 4.35. The number of hydrogen-bond acceptors (Lipinski definition) is 3. The summed E-state index contributed by atoms with van der Waals surface area (Å²) in [7, 11) is 0. The predicted molar refractivity (Wildman–Crippen MR) is 82.5 cm³/mol. The zero-order valence-corrected chi connectivity index (χ0v) is 12.3. The summed E-state index contributed by atoms with van der Waals surface area (Å²) in [5.41, 5.74) is 1.40. The molecular formula is C16H22N2S. The van der Waals surface area contributed by atoms with Crippen molar-refractivity contribution in [1.29, 1.82) is 0 Å². The maximum atomic E-state index is 4.35. The first-order valence-corrected chi connectivity index (χ1v) is 7.95. The highest BCUT2D eigenvalue weighted by Crippen LogP contribution is 2.20. The van der Waals surface area contributed by atoms with E-state index in [0.29, 0.717) is 6.04 Å². The van der Waals surface area contributed by atoms with Crippen molar-refractivity contribution in [3.63, 3.8) is 0 Å². The van der Waals surface area contributed by atoms with Crippen LogP contribution in [-0.2, 0) is 6.42 Å². The van der Waals surface area contributed by atoms with Crippen LogP contribution in [-0.4, -0.2) is 11.5 Å². The number of thiazole rings is 1. The first-order valence-electron chi connectivity index (χ1n) is 7.07. The van der Waals surface area contributed by atoms with E-state index in [2.05, 4.69) is 52.9 Å². The second-order valence-electron chi connectivity index (χ2n) is 4.74. The molecule has 1 aromatic carbocycles. The predicted octanol–water partition coefficient (Wildman–Crippen LogP) is 4.21. The number of rotatable bonds is 8. The van der Waals surface area contributed by atoms with Crippen molar-refractivity contribution in [2.45, 2.75) is 38.6 Å². The van der Waals surface area contributed by atoms with E-state index in [9.17, 15) is 0 Å². The molecule has 0 aliphatic carbocycles. The molecule has 0 aliphatic heterocycles. The molecule has 19 heavy (non-hydrogen) atoms. The Morgan fingerprint density at radius 2 is 2.11 bits per heavy atom. The van der Waals surface area contributed by atoms with Crippen molar-refractivity contribution in [2.24, 2.45) is 0 Å². The Hall–Kier alpha value is -1.19. The molecule has 1 aromatic heterocycles. The summed E-state index contributed by atoms with van der Waals surface area (Å²) in [6, 6.07) is 11.2. The molecule has 0 amide bonds. The second-order valence-corrected chi connectivity index (χ2v) is 5.71. The minimum atomic E-state index is 0.473. The van der Waals surface area contributed by atoms with Gasteiger partial charge in [0.1, 0.15) is 0 Å². The molecule has 0 saturated heterocycles. The highest BCUT2D eigenvalue weighted by atomic mass is 32.1. The van der Waals surface area contributed by atoms with Crippen LogP contribution in [0, 0.1) is 0 Å². The van der Waals surface area contributed by atoms with Gasteiger partial charge in [-0.25, -0.2) is 4.98 Å². The van der Waals surface area contributed by atoms with Gasteiger partial charge in [-0.2, -0.15) is 0 Å². The molecule has 0 aliphatic rings. The van der Waals surface area contributed by atoms with Gasteiger partial charge in [-0.05, 0) is 37.8 Å². The molecule has 3 heteroatoms. The van der Waals surface area contributed by atoms with Crippen LogP contribution in [0.1, 0.15) is 42.8 Å². The number of aryl methyl sites for hydroxylation is 1. The van der Waals surface area contributed by atoms with Gasteiger partial charge in [-0.15, -0.1) is 11.3 Å². The van der Waals surface area contributed by atoms with Gasteiger partial charge in [-0.1, -0.05) is 37.3 Å². The fourth-order valence-corrected chi connectivity index (χ4v) is 2.89. The number of hydrogen-bond donors (Lipinski definition) is 1. The van der Waals surface area contributed by atoms with E-state index in [0.717, 1.165) is 13.0 Å². The number of aromatic nitrogens is 1. The minimum Gasteiger partial charge on any atom is -0.310 e. The van der Waals surface area contributed by atoms with Gasteiger partial charge < -0.3 is 5.32 Å². The van der Waals surface area contributed by atoms with E-state index < -0.39 is 0 Å². The molecule has 0 spiro atoms. The number of nitrogens with zero attached hydrogens (tertiary/aromatic N) is 1. The van der Waals surface area contributed by atoms with Gasteiger partial charge in [0, 0.05) is 17.6 Å². The van der Waals surface area contributed by atoms with Gasteiger partial charge in [0.2, 0.25) is 0 Å². The molecule has 2 nitrogen and oxygen atoms in total. The molecular weight excluding hydrogens is 252 g/mol. The zero-order chi connectivity index (χ0) is 13.3. The average Bonchev–Trinajstić information content (AvgIpc) is 2.97. The largest absolute Gasteiger partial charge is 0.310 e. The summed E-state index contributed by atoms with van der Waals surface area (Å²) in [6.07, 6.45) is 6.52. The van der Waals surface area contributed by atoms with Crippen LogP contribution in [0.5, 0.6) is 0 Å². The third kappa shape index (κ3) is 4.77. The summed E-state index contributed by atoms with van der Waals surface area (Å²) in [6.45, 7) is 3.29. The molecule has 1 heterocycles. The lowest BCUT2D eigenvalue weighted by Crippen LogP contribution is -2.22. The monoisotopic (exact) mass is 274 g/mol. The summed E-state index contributed by atoms with van der Waals surface area (Å²) < 4.78 is 0. The van der Waals surface area contributed by atoms with Crippen molar-refractivity contribution >= 4 is 11.3 Å². The topological polar surface area (TPSA) is 24.9 Å². The van der Waals surface area contributed by atoms with Gasteiger partial charge >= 0.3 is 0 Å².